The quantitative estimate of drug-likeness (QED) is 0.168. The van der Waals surface area contributed by atoms with E-state index in [9.17, 15) is 9.90 Å². The van der Waals surface area contributed by atoms with Gasteiger partial charge in [-0.25, -0.2) is 4.39 Å². The molecule has 1 saturated heterocycles. The van der Waals surface area contributed by atoms with Crippen LogP contribution in [0.15, 0.2) is 112 Å². The number of nitrogens with zero attached hydrogens (tertiary/aromatic N) is 2. The lowest BCUT2D eigenvalue weighted by molar-refractivity contribution is -0.116. The largest absolute Gasteiger partial charge is 0.505 e. The van der Waals surface area contributed by atoms with Crippen molar-refractivity contribution in [3.05, 3.63) is 130 Å². The van der Waals surface area contributed by atoms with Gasteiger partial charge in [0.15, 0.2) is 22.2 Å². The van der Waals surface area contributed by atoms with E-state index in [0.29, 0.717) is 12.3 Å². The highest BCUT2D eigenvalue weighted by molar-refractivity contribution is 8.15. The van der Waals surface area contributed by atoms with Gasteiger partial charge in [-0.15, -0.1) is 0 Å². The average Bonchev–Trinajstić information content (AvgIpc) is 3.79. The predicted octanol–water partition coefficient (Wildman–Crippen LogP) is 9.30. The Morgan fingerprint density at radius 1 is 0.885 bits per heavy atom. The summed E-state index contributed by atoms with van der Waals surface area (Å²) in [4.78, 5) is 20.9. The second-order valence-corrected chi connectivity index (χ2v) is 16.9. The number of phenolic OH excluding ortho intramolecular Hbond substituents is 1. The summed E-state index contributed by atoms with van der Waals surface area (Å²) in [5, 5.41) is 17.8. The van der Waals surface area contributed by atoms with E-state index >= 15 is 4.39 Å². The van der Waals surface area contributed by atoms with Gasteiger partial charge in [-0.05, 0) is 114 Å². The molecule has 9 heteroatoms. The standard InChI is InChI=1S/C33H33FN2OS.C10H10N2OS/c34-30-15-27(14-29(31(30)37)33-16-23-9-24(17-33)11-25(10-23)18-33)26-8-4-7-22(12-26)13-28-20-36-32(38-28)35-19-21-5-2-1-3-6-21;13-9-7-14-10(12-9)11-6-8-4-2-1-3-5-8/h1-8,12-15,20,23-25,32,35,37H,9-11,16-19H2;1-5H,6-7H2,(H,11,12,13). The molecule has 1 atom stereocenters. The third-order valence-corrected chi connectivity index (χ3v) is 12.9. The molecule has 2 aliphatic heterocycles. The molecule has 52 heavy (non-hydrogen) atoms. The predicted molar refractivity (Wildman–Crippen MR) is 213 cm³/mol. The Hall–Kier alpha value is -4.18. The molecule has 10 rings (SSSR count). The number of nitrogens with one attached hydrogen (secondary N) is 2. The summed E-state index contributed by atoms with van der Waals surface area (Å²) in [5.41, 5.74) is 6.06. The molecule has 4 aliphatic carbocycles. The number of aromatic hydroxyl groups is 1. The van der Waals surface area contributed by atoms with Gasteiger partial charge < -0.3 is 10.4 Å². The number of hydrogen-bond acceptors (Lipinski definition) is 7. The minimum Gasteiger partial charge on any atom is -0.505 e. The van der Waals surface area contributed by atoms with E-state index in [4.69, 9.17) is 0 Å². The fraction of sp³-hybridized carbons (Fsp3) is 0.326. The minimum absolute atomic E-state index is 0.00123. The van der Waals surface area contributed by atoms with Crippen molar-refractivity contribution in [2.24, 2.45) is 27.7 Å². The Morgan fingerprint density at radius 3 is 2.25 bits per heavy atom. The van der Waals surface area contributed by atoms with Crippen LogP contribution >= 0.6 is 23.5 Å². The first-order chi connectivity index (χ1) is 25.4. The van der Waals surface area contributed by atoms with E-state index in [1.54, 1.807) is 11.8 Å². The number of amidine groups is 1. The molecule has 4 aromatic rings. The number of phenols is 1. The highest BCUT2D eigenvalue weighted by Gasteiger charge is 2.52. The van der Waals surface area contributed by atoms with E-state index in [1.165, 1.54) is 42.7 Å². The lowest BCUT2D eigenvalue weighted by atomic mass is 9.48. The first-order valence-corrected chi connectivity index (χ1v) is 20.1. The maximum Gasteiger partial charge on any atom is 0.236 e. The van der Waals surface area contributed by atoms with Crippen molar-refractivity contribution in [1.29, 1.82) is 0 Å². The molecule has 0 spiro atoms. The molecule has 266 valence electrons. The Bertz CT molecular complexity index is 1980. The zero-order chi connectivity index (χ0) is 35.5. The van der Waals surface area contributed by atoms with E-state index in [1.807, 2.05) is 66.9 Å². The Kier molecular flexibility index (Phi) is 10.3. The summed E-state index contributed by atoms with van der Waals surface area (Å²) in [7, 11) is 0. The Labute approximate surface area is 313 Å². The van der Waals surface area contributed by atoms with E-state index in [-0.39, 0.29) is 22.6 Å². The van der Waals surface area contributed by atoms with Crippen molar-refractivity contribution in [2.75, 3.05) is 5.75 Å². The van der Waals surface area contributed by atoms with Crippen molar-refractivity contribution in [3.63, 3.8) is 0 Å². The molecule has 3 N–H and O–H groups in total. The van der Waals surface area contributed by atoms with Crippen molar-refractivity contribution in [1.82, 2.24) is 10.6 Å². The highest BCUT2D eigenvalue weighted by Crippen LogP contribution is 2.62. The van der Waals surface area contributed by atoms with Crippen LogP contribution in [0.5, 0.6) is 5.75 Å². The lowest BCUT2D eigenvalue weighted by Gasteiger charge is -2.57. The number of allylic oxidation sites excluding steroid dienone is 1. The van der Waals surface area contributed by atoms with E-state index in [0.717, 1.165) is 81.5 Å². The maximum absolute atomic E-state index is 15.2. The van der Waals surface area contributed by atoms with Crippen LogP contribution in [0.1, 0.15) is 60.8 Å². The van der Waals surface area contributed by atoms with Crippen LogP contribution in [-0.2, 0) is 23.3 Å². The van der Waals surface area contributed by atoms with Gasteiger partial charge in [-0.1, -0.05) is 102 Å². The van der Waals surface area contributed by atoms with Crippen LogP contribution in [0.2, 0.25) is 0 Å². The number of halogens is 1. The normalized spacial score (nSPS) is 27.2. The SMILES string of the molecule is O=C1CSC(=NCc2ccccc2)N1.Oc1c(F)cc(-c2cccc(C=C3C=NC(NCc4ccccc4)S3)c2)cc1C12CC3CC(CC(C3)C1)C2. The molecule has 0 radical (unpaired) electrons. The summed E-state index contributed by atoms with van der Waals surface area (Å²) in [6, 6.07) is 32.2. The van der Waals surface area contributed by atoms with Crippen molar-refractivity contribution < 1.29 is 14.3 Å². The molecule has 4 saturated carbocycles. The number of aliphatic imine (C=N–C) groups is 2. The second kappa shape index (κ2) is 15.4. The summed E-state index contributed by atoms with van der Waals surface area (Å²) >= 11 is 3.16. The number of carbonyl (C=O) groups is 1. The zero-order valence-corrected chi connectivity index (χ0v) is 30.6. The lowest BCUT2D eigenvalue weighted by Crippen LogP contribution is -2.48. The second-order valence-electron chi connectivity index (χ2n) is 14.8. The van der Waals surface area contributed by atoms with Gasteiger partial charge in [0.05, 0.1) is 12.3 Å². The monoisotopic (exact) mass is 730 g/mol. The summed E-state index contributed by atoms with van der Waals surface area (Å²) in [5.74, 6) is 2.12. The molecular formula is C43H43FN4O2S2. The summed E-state index contributed by atoms with van der Waals surface area (Å²) in [6.07, 6.45) is 11.3. The number of rotatable bonds is 8. The highest BCUT2D eigenvalue weighted by atomic mass is 32.2. The smallest absolute Gasteiger partial charge is 0.236 e. The molecule has 4 bridgehead atoms. The van der Waals surface area contributed by atoms with Crippen LogP contribution in [0, 0.1) is 23.6 Å². The summed E-state index contributed by atoms with van der Waals surface area (Å²) < 4.78 is 15.2. The molecular weight excluding hydrogens is 688 g/mol. The molecule has 1 amide bonds. The maximum atomic E-state index is 15.2. The molecule has 5 fully saturated rings. The Morgan fingerprint density at radius 2 is 1.58 bits per heavy atom. The van der Waals surface area contributed by atoms with Crippen molar-refractivity contribution in [2.45, 2.75) is 62.5 Å². The number of benzene rings is 4. The van der Waals surface area contributed by atoms with Gasteiger partial charge in [-0.2, -0.15) is 0 Å². The van der Waals surface area contributed by atoms with Gasteiger partial charge in [-0.3, -0.25) is 20.1 Å². The van der Waals surface area contributed by atoms with E-state index < -0.39 is 5.82 Å². The van der Waals surface area contributed by atoms with Gasteiger partial charge in [0.25, 0.3) is 0 Å². The van der Waals surface area contributed by atoms with Gasteiger partial charge in [0, 0.05) is 23.2 Å². The third-order valence-electron chi connectivity index (χ3n) is 10.9. The summed E-state index contributed by atoms with van der Waals surface area (Å²) in [6.45, 7) is 1.40. The molecule has 4 aromatic carbocycles. The zero-order valence-electron chi connectivity index (χ0n) is 29.0. The van der Waals surface area contributed by atoms with Gasteiger partial charge in [0.1, 0.15) is 0 Å². The fourth-order valence-corrected chi connectivity index (χ4v) is 10.6. The number of carbonyl (C=O) groups excluding carboxylic acids is 1. The van der Waals surface area contributed by atoms with Crippen molar-refractivity contribution in [3.8, 4) is 16.9 Å². The van der Waals surface area contributed by atoms with Crippen molar-refractivity contribution >= 4 is 46.9 Å². The van der Waals surface area contributed by atoms with E-state index in [2.05, 4.69) is 57.0 Å². The number of hydrogen-bond donors (Lipinski definition) is 3. The molecule has 1 unspecified atom stereocenters. The molecule has 6 nitrogen and oxygen atoms in total. The van der Waals surface area contributed by atoms with Crippen LogP contribution in [0.25, 0.3) is 17.2 Å². The molecule has 0 aromatic heterocycles. The van der Waals surface area contributed by atoms with Crippen LogP contribution < -0.4 is 10.6 Å². The van der Waals surface area contributed by atoms with Gasteiger partial charge in [0.2, 0.25) is 5.91 Å². The molecule has 6 aliphatic rings. The average molecular weight is 731 g/mol. The Balaban J connectivity index is 0.000000232. The van der Waals surface area contributed by atoms with Crippen LogP contribution in [0.4, 0.5) is 4.39 Å². The van der Waals surface area contributed by atoms with Crippen LogP contribution in [-0.4, -0.2) is 33.6 Å². The number of amides is 1. The van der Waals surface area contributed by atoms with Gasteiger partial charge >= 0.3 is 0 Å². The van der Waals surface area contributed by atoms with Crippen LogP contribution in [0.3, 0.4) is 0 Å². The topological polar surface area (TPSA) is 86.1 Å². The number of thioether (sulfide) groups is 2. The molecule has 2 heterocycles. The first-order valence-electron chi connectivity index (χ1n) is 18.2. The third kappa shape index (κ3) is 8.07. The fourth-order valence-electron chi connectivity index (χ4n) is 9.04. The minimum atomic E-state index is -0.497. The first kappa shape index (κ1) is 34.9.